The van der Waals surface area contributed by atoms with E-state index in [0.717, 1.165) is 37.6 Å². The number of ether oxygens (including phenoxy) is 3. The number of nitrogens with two attached hydrogens (primary N) is 1. The molecule has 0 spiro atoms. The molecule has 7 nitrogen and oxygen atoms in total. The highest BCUT2D eigenvalue weighted by molar-refractivity contribution is 5.92. The monoisotopic (exact) mass is 370 g/mol. The first kappa shape index (κ1) is 18.8. The number of morpholine rings is 1. The van der Waals surface area contributed by atoms with Gasteiger partial charge in [-0.3, -0.25) is 0 Å². The van der Waals surface area contributed by atoms with Gasteiger partial charge >= 0.3 is 0 Å². The fourth-order valence-corrected chi connectivity index (χ4v) is 3.03. The summed E-state index contributed by atoms with van der Waals surface area (Å²) in [7, 11) is 3.20. The predicted molar refractivity (Wildman–Crippen MR) is 108 cm³/mol. The summed E-state index contributed by atoms with van der Waals surface area (Å²) < 4.78 is 16.0. The Kier molecular flexibility index (Phi) is 6.38. The van der Waals surface area contributed by atoms with E-state index in [1.54, 1.807) is 14.2 Å². The van der Waals surface area contributed by atoms with Crippen molar-refractivity contribution < 1.29 is 14.2 Å². The first-order valence-electron chi connectivity index (χ1n) is 8.91. The van der Waals surface area contributed by atoms with E-state index in [4.69, 9.17) is 19.9 Å². The number of para-hydroxylation sites is 1. The molecule has 0 atom stereocenters. The third-order valence-corrected chi connectivity index (χ3v) is 4.42. The van der Waals surface area contributed by atoms with Gasteiger partial charge in [0, 0.05) is 30.5 Å². The Labute approximate surface area is 159 Å². The van der Waals surface area contributed by atoms with Crippen LogP contribution in [0.1, 0.15) is 5.56 Å². The molecule has 1 aliphatic heterocycles. The minimum atomic E-state index is 0.346. The maximum atomic E-state index is 6.08. The van der Waals surface area contributed by atoms with Crippen molar-refractivity contribution in [3.8, 4) is 11.5 Å². The van der Waals surface area contributed by atoms with Gasteiger partial charge in [0.15, 0.2) is 17.5 Å². The van der Waals surface area contributed by atoms with Crippen molar-refractivity contribution in [2.24, 2.45) is 10.7 Å². The van der Waals surface area contributed by atoms with Gasteiger partial charge in [0.1, 0.15) is 0 Å². The highest BCUT2D eigenvalue weighted by atomic mass is 16.5. The molecule has 3 N–H and O–H groups in total. The SMILES string of the molecule is COc1ccc(NC(N)=NCc2ccccc2N2CCOCC2)cc1OC. The fourth-order valence-electron chi connectivity index (χ4n) is 3.03. The number of nitrogens with zero attached hydrogens (tertiary/aromatic N) is 2. The van der Waals surface area contributed by atoms with Crippen molar-refractivity contribution in [1.29, 1.82) is 0 Å². The topological polar surface area (TPSA) is 81.3 Å². The zero-order valence-corrected chi connectivity index (χ0v) is 15.8. The molecular weight excluding hydrogens is 344 g/mol. The van der Waals surface area contributed by atoms with Gasteiger partial charge in [-0.15, -0.1) is 0 Å². The lowest BCUT2D eigenvalue weighted by atomic mass is 10.1. The summed E-state index contributed by atoms with van der Waals surface area (Å²) in [6, 6.07) is 13.8. The summed E-state index contributed by atoms with van der Waals surface area (Å²) in [6.07, 6.45) is 0. The van der Waals surface area contributed by atoms with Gasteiger partial charge in [0.25, 0.3) is 0 Å². The lowest BCUT2D eigenvalue weighted by Gasteiger charge is -2.30. The van der Waals surface area contributed by atoms with Crippen LogP contribution >= 0.6 is 0 Å². The lowest BCUT2D eigenvalue weighted by Crippen LogP contribution is -2.36. The third kappa shape index (κ3) is 4.83. The molecule has 144 valence electrons. The van der Waals surface area contributed by atoms with Crippen LogP contribution < -0.4 is 25.4 Å². The average molecular weight is 370 g/mol. The summed E-state index contributed by atoms with van der Waals surface area (Å²) in [5.41, 5.74) is 9.18. The van der Waals surface area contributed by atoms with E-state index < -0.39 is 0 Å². The summed E-state index contributed by atoms with van der Waals surface area (Å²) in [4.78, 5) is 6.82. The summed E-state index contributed by atoms with van der Waals surface area (Å²) in [5, 5.41) is 3.10. The second-order valence-corrected chi connectivity index (χ2v) is 6.12. The van der Waals surface area contributed by atoms with E-state index in [-0.39, 0.29) is 0 Å². The second-order valence-electron chi connectivity index (χ2n) is 6.12. The van der Waals surface area contributed by atoms with Crippen LogP contribution in [0, 0.1) is 0 Å². The van der Waals surface area contributed by atoms with Crippen molar-refractivity contribution in [1.82, 2.24) is 0 Å². The van der Waals surface area contributed by atoms with Crippen LogP contribution in [-0.2, 0) is 11.3 Å². The molecule has 2 aromatic rings. The van der Waals surface area contributed by atoms with Crippen LogP contribution in [-0.4, -0.2) is 46.5 Å². The predicted octanol–water partition coefficient (Wildman–Crippen LogP) is 2.47. The van der Waals surface area contributed by atoms with Gasteiger partial charge in [-0.1, -0.05) is 18.2 Å². The molecule has 1 fully saturated rings. The van der Waals surface area contributed by atoms with Crippen LogP contribution in [0.25, 0.3) is 0 Å². The van der Waals surface area contributed by atoms with Gasteiger partial charge in [0.2, 0.25) is 0 Å². The molecule has 0 unspecified atom stereocenters. The Hall–Kier alpha value is -2.93. The van der Waals surface area contributed by atoms with E-state index in [0.29, 0.717) is 24.0 Å². The molecule has 27 heavy (non-hydrogen) atoms. The summed E-state index contributed by atoms with van der Waals surface area (Å²) in [6.45, 7) is 3.78. The highest BCUT2D eigenvalue weighted by Crippen LogP contribution is 2.29. The van der Waals surface area contributed by atoms with Crippen LogP contribution in [0.4, 0.5) is 11.4 Å². The number of rotatable bonds is 6. The molecule has 1 heterocycles. The van der Waals surface area contributed by atoms with Crippen molar-refractivity contribution in [2.45, 2.75) is 6.54 Å². The number of hydrogen-bond acceptors (Lipinski definition) is 5. The van der Waals surface area contributed by atoms with Crippen molar-refractivity contribution in [2.75, 3.05) is 50.7 Å². The zero-order chi connectivity index (χ0) is 19.1. The van der Waals surface area contributed by atoms with Gasteiger partial charge in [-0.2, -0.15) is 0 Å². The number of guanidine groups is 1. The Morgan fingerprint density at radius 2 is 1.85 bits per heavy atom. The van der Waals surface area contributed by atoms with Crippen molar-refractivity contribution in [3.05, 3.63) is 48.0 Å². The molecule has 1 saturated heterocycles. The molecule has 3 rings (SSSR count). The minimum absolute atomic E-state index is 0.346. The van der Waals surface area contributed by atoms with Gasteiger partial charge in [-0.25, -0.2) is 4.99 Å². The maximum absolute atomic E-state index is 6.08. The molecule has 1 aliphatic rings. The van der Waals surface area contributed by atoms with E-state index >= 15 is 0 Å². The van der Waals surface area contributed by atoms with Crippen LogP contribution in [0.2, 0.25) is 0 Å². The molecule has 0 amide bonds. The Bertz CT molecular complexity index is 789. The highest BCUT2D eigenvalue weighted by Gasteiger charge is 2.14. The Balaban J connectivity index is 1.69. The summed E-state index contributed by atoms with van der Waals surface area (Å²) in [5.74, 6) is 1.64. The van der Waals surface area contributed by atoms with E-state index in [9.17, 15) is 0 Å². The minimum Gasteiger partial charge on any atom is -0.493 e. The molecule has 0 saturated carbocycles. The molecular formula is C20H26N4O3. The van der Waals surface area contributed by atoms with Gasteiger partial charge < -0.3 is 30.2 Å². The molecule has 2 aromatic carbocycles. The number of anilines is 2. The average Bonchev–Trinajstić information content (AvgIpc) is 2.73. The van der Waals surface area contributed by atoms with Gasteiger partial charge in [0.05, 0.1) is 34.0 Å². The van der Waals surface area contributed by atoms with Crippen LogP contribution in [0.15, 0.2) is 47.5 Å². The van der Waals surface area contributed by atoms with E-state index in [2.05, 4.69) is 27.3 Å². The number of hydrogen-bond donors (Lipinski definition) is 2. The third-order valence-electron chi connectivity index (χ3n) is 4.42. The van der Waals surface area contributed by atoms with Crippen LogP contribution in [0.5, 0.6) is 11.5 Å². The van der Waals surface area contributed by atoms with E-state index in [1.165, 1.54) is 5.69 Å². The van der Waals surface area contributed by atoms with E-state index in [1.807, 2.05) is 30.3 Å². The Morgan fingerprint density at radius 1 is 1.11 bits per heavy atom. The number of methoxy groups -OCH3 is 2. The first-order chi connectivity index (χ1) is 13.2. The molecule has 7 heteroatoms. The zero-order valence-electron chi connectivity index (χ0n) is 15.8. The fraction of sp³-hybridized carbons (Fsp3) is 0.350. The number of benzene rings is 2. The lowest BCUT2D eigenvalue weighted by molar-refractivity contribution is 0.122. The van der Waals surface area contributed by atoms with Crippen LogP contribution in [0.3, 0.4) is 0 Å². The largest absolute Gasteiger partial charge is 0.493 e. The molecule has 0 aliphatic carbocycles. The normalized spacial score (nSPS) is 14.7. The number of aliphatic imine (C=N–C) groups is 1. The Morgan fingerprint density at radius 3 is 2.59 bits per heavy atom. The quantitative estimate of drug-likeness (QED) is 0.601. The van der Waals surface area contributed by atoms with Crippen molar-refractivity contribution >= 4 is 17.3 Å². The first-order valence-corrected chi connectivity index (χ1v) is 8.91. The van der Waals surface area contributed by atoms with Gasteiger partial charge in [-0.05, 0) is 23.8 Å². The molecule has 0 aromatic heterocycles. The number of nitrogens with one attached hydrogen (secondary N) is 1. The smallest absolute Gasteiger partial charge is 0.193 e. The maximum Gasteiger partial charge on any atom is 0.193 e. The standard InChI is InChI=1S/C20H26N4O3/c1-25-18-8-7-16(13-19(18)26-2)23-20(21)22-14-15-5-3-4-6-17(15)24-9-11-27-12-10-24/h3-8,13H,9-12,14H2,1-2H3,(H3,21,22,23). The summed E-state index contributed by atoms with van der Waals surface area (Å²) >= 11 is 0. The van der Waals surface area contributed by atoms with Crippen molar-refractivity contribution in [3.63, 3.8) is 0 Å². The molecule has 0 radical (unpaired) electrons. The second kappa shape index (κ2) is 9.14. The molecule has 0 bridgehead atoms.